The van der Waals surface area contributed by atoms with Crippen LogP contribution in [0.3, 0.4) is 0 Å². The highest BCUT2D eigenvalue weighted by atomic mass is 16.5. The van der Waals surface area contributed by atoms with E-state index in [1.165, 1.54) is 5.56 Å². The normalized spacial score (nSPS) is 12.0. The number of aryl methyl sites for hydroxylation is 1. The summed E-state index contributed by atoms with van der Waals surface area (Å²) in [5.74, 6) is 1.95. The van der Waals surface area contributed by atoms with E-state index >= 15 is 0 Å². The molecule has 0 aliphatic heterocycles. The summed E-state index contributed by atoms with van der Waals surface area (Å²) in [6.07, 6.45) is 1.05. The molecule has 2 aromatic rings. The van der Waals surface area contributed by atoms with E-state index in [0.717, 1.165) is 17.7 Å². The zero-order valence-electron chi connectivity index (χ0n) is 12.8. The maximum atomic E-state index is 7.71. The molecule has 0 fully saturated rings. The van der Waals surface area contributed by atoms with Crippen LogP contribution in [0.2, 0.25) is 0 Å². The molecule has 0 bridgehead atoms. The molecular formula is C18H22N2O. The predicted octanol–water partition coefficient (Wildman–Crippen LogP) is 4.58. The van der Waals surface area contributed by atoms with Crippen LogP contribution in [0, 0.1) is 12.3 Å². The van der Waals surface area contributed by atoms with Crippen molar-refractivity contribution in [2.24, 2.45) is 5.73 Å². The lowest BCUT2D eigenvalue weighted by atomic mass is 9.97. The lowest BCUT2D eigenvalue weighted by Crippen LogP contribution is -2.13. The number of amidine groups is 1. The quantitative estimate of drug-likeness (QED) is 0.622. The number of hydrogen-bond donors (Lipinski definition) is 2. The SMILES string of the molecule is CCC(C)c1ccccc1Oc1c(C)cccc1C(=N)N. The summed E-state index contributed by atoms with van der Waals surface area (Å²) in [6, 6.07) is 13.7. The second kappa shape index (κ2) is 6.44. The molecule has 1 atom stereocenters. The zero-order valence-corrected chi connectivity index (χ0v) is 12.8. The number of ether oxygens (including phenoxy) is 1. The second-order valence-electron chi connectivity index (χ2n) is 5.31. The first-order valence-corrected chi connectivity index (χ1v) is 7.25. The van der Waals surface area contributed by atoms with Gasteiger partial charge in [-0.1, -0.05) is 44.2 Å². The van der Waals surface area contributed by atoms with E-state index in [2.05, 4.69) is 19.9 Å². The molecule has 0 heterocycles. The number of rotatable bonds is 5. The van der Waals surface area contributed by atoms with Gasteiger partial charge in [0.2, 0.25) is 0 Å². The molecule has 3 heteroatoms. The van der Waals surface area contributed by atoms with Crippen LogP contribution < -0.4 is 10.5 Å². The smallest absolute Gasteiger partial charge is 0.141 e. The third-order valence-electron chi connectivity index (χ3n) is 3.78. The fraction of sp³-hybridized carbons (Fsp3) is 0.278. The van der Waals surface area contributed by atoms with Gasteiger partial charge < -0.3 is 10.5 Å². The van der Waals surface area contributed by atoms with Crippen molar-refractivity contribution in [3.05, 3.63) is 59.2 Å². The molecule has 0 aliphatic rings. The number of nitrogens with one attached hydrogen (secondary N) is 1. The predicted molar refractivity (Wildman–Crippen MR) is 87.4 cm³/mol. The van der Waals surface area contributed by atoms with Gasteiger partial charge in [0.25, 0.3) is 0 Å². The lowest BCUT2D eigenvalue weighted by molar-refractivity contribution is 0.466. The Kier molecular flexibility index (Phi) is 4.63. The summed E-state index contributed by atoms with van der Waals surface area (Å²) in [5, 5.41) is 7.71. The second-order valence-corrected chi connectivity index (χ2v) is 5.31. The Bertz CT molecular complexity index is 649. The molecule has 0 saturated carbocycles. The van der Waals surface area contributed by atoms with Gasteiger partial charge in [-0.25, -0.2) is 0 Å². The van der Waals surface area contributed by atoms with Gasteiger partial charge in [-0.2, -0.15) is 0 Å². The maximum Gasteiger partial charge on any atom is 0.141 e. The van der Waals surface area contributed by atoms with Crippen LogP contribution in [0.25, 0.3) is 0 Å². The van der Waals surface area contributed by atoms with Crippen molar-refractivity contribution in [3.8, 4) is 11.5 Å². The minimum absolute atomic E-state index is 0.0229. The van der Waals surface area contributed by atoms with Gasteiger partial charge in [0.15, 0.2) is 0 Å². The molecule has 2 rings (SSSR count). The van der Waals surface area contributed by atoms with Crippen LogP contribution in [0.5, 0.6) is 11.5 Å². The van der Waals surface area contributed by atoms with E-state index in [4.69, 9.17) is 15.9 Å². The number of para-hydroxylation sites is 2. The number of benzene rings is 2. The number of nitrogen functional groups attached to an aromatic ring is 1. The van der Waals surface area contributed by atoms with Crippen molar-refractivity contribution in [2.45, 2.75) is 33.1 Å². The van der Waals surface area contributed by atoms with Crippen LogP contribution >= 0.6 is 0 Å². The van der Waals surface area contributed by atoms with Crippen LogP contribution in [0.1, 0.15) is 42.9 Å². The molecule has 3 N–H and O–H groups in total. The van der Waals surface area contributed by atoms with Crippen molar-refractivity contribution >= 4 is 5.84 Å². The van der Waals surface area contributed by atoms with Crippen molar-refractivity contribution in [2.75, 3.05) is 0 Å². The third kappa shape index (κ3) is 3.24. The zero-order chi connectivity index (χ0) is 15.4. The first-order valence-electron chi connectivity index (χ1n) is 7.25. The molecule has 1 unspecified atom stereocenters. The first-order chi connectivity index (χ1) is 10.0. The fourth-order valence-corrected chi connectivity index (χ4v) is 2.31. The molecule has 21 heavy (non-hydrogen) atoms. The Labute approximate surface area is 126 Å². The highest BCUT2D eigenvalue weighted by molar-refractivity contribution is 5.98. The van der Waals surface area contributed by atoms with Gasteiger partial charge in [0, 0.05) is 0 Å². The fourth-order valence-electron chi connectivity index (χ4n) is 2.31. The van der Waals surface area contributed by atoms with Crippen molar-refractivity contribution in [3.63, 3.8) is 0 Å². The Balaban J connectivity index is 2.46. The molecular weight excluding hydrogens is 260 g/mol. The monoisotopic (exact) mass is 282 g/mol. The van der Waals surface area contributed by atoms with Gasteiger partial charge in [0.05, 0.1) is 5.56 Å². The third-order valence-corrected chi connectivity index (χ3v) is 3.78. The summed E-state index contributed by atoms with van der Waals surface area (Å²) >= 11 is 0. The molecule has 110 valence electrons. The van der Waals surface area contributed by atoms with E-state index in [1.54, 1.807) is 0 Å². The van der Waals surface area contributed by atoms with Crippen molar-refractivity contribution in [1.29, 1.82) is 5.41 Å². The molecule has 0 aromatic heterocycles. The van der Waals surface area contributed by atoms with Crippen molar-refractivity contribution < 1.29 is 4.74 Å². The van der Waals surface area contributed by atoms with E-state index < -0.39 is 0 Å². The number of hydrogen-bond acceptors (Lipinski definition) is 2. The average Bonchev–Trinajstić information content (AvgIpc) is 2.48. The van der Waals surface area contributed by atoms with E-state index in [0.29, 0.717) is 17.2 Å². The van der Waals surface area contributed by atoms with Crippen LogP contribution in [-0.2, 0) is 0 Å². The van der Waals surface area contributed by atoms with Gasteiger partial charge in [-0.05, 0) is 42.5 Å². The summed E-state index contributed by atoms with van der Waals surface area (Å²) in [5.41, 5.74) is 8.45. The molecule has 3 nitrogen and oxygen atoms in total. The van der Waals surface area contributed by atoms with E-state index in [-0.39, 0.29) is 5.84 Å². The van der Waals surface area contributed by atoms with Gasteiger partial charge >= 0.3 is 0 Å². The summed E-state index contributed by atoms with van der Waals surface area (Å²) in [7, 11) is 0. The van der Waals surface area contributed by atoms with Crippen LogP contribution in [-0.4, -0.2) is 5.84 Å². The molecule has 0 spiro atoms. The van der Waals surface area contributed by atoms with Gasteiger partial charge in [-0.3, -0.25) is 5.41 Å². The first kappa shape index (κ1) is 15.1. The molecule has 0 amide bonds. The highest BCUT2D eigenvalue weighted by Crippen LogP contribution is 2.34. The molecule has 2 aromatic carbocycles. The minimum Gasteiger partial charge on any atom is -0.456 e. The molecule has 0 saturated heterocycles. The van der Waals surface area contributed by atoms with Gasteiger partial charge in [0.1, 0.15) is 17.3 Å². The average molecular weight is 282 g/mol. The largest absolute Gasteiger partial charge is 0.456 e. The Hall–Kier alpha value is -2.29. The van der Waals surface area contributed by atoms with E-state index in [1.807, 2.05) is 43.3 Å². The van der Waals surface area contributed by atoms with E-state index in [9.17, 15) is 0 Å². The van der Waals surface area contributed by atoms with Crippen LogP contribution in [0.15, 0.2) is 42.5 Å². The summed E-state index contributed by atoms with van der Waals surface area (Å²) in [6.45, 7) is 6.32. The molecule has 0 radical (unpaired) electrons. The standard InChI is InChI=1S/C18H22N2O/c1-4-12(2)14-9-5-6-11-16(14)21-17-13(3)8-7-10-15(17)18(19)20/h5-12H,4H2,1-3H3,(H3,19,20). The highest BCUT2D eigenvalue weighted by Gasteiger charge is 2.14. The van der Waals surface area contributed by atoms with Crippen molar-refractivity contribution in [1.82, 2.24) is 0 Å². The summed E-state index contributed by atoms with van der Waals surface area (Å²) in [4.78, 5) is 0. The Morgan fingerprint density at radius 3 is 2.57 bits per heavy atom. The molecule has 0 aliphatic carbocycles. The Morgan fingerprint density at radius 2 is 1.90 bits per heavy atom. The maximum absolute atomic E-state index is 7.71. The topological polar surface area (TPSA) is 59.1 Å². The Morgan fingerprint density at radius 1 is 1.19 bits per heavy atom. The van der Waals surface area contributed by atoms with Gasteiger partial charge in [-0.15, -0.1) is 0 Å². The summed E-state index contributed by atoms with van der Waals surface area (Å²) < 4.78 is 6.13. The minimum atomic E-state index is 0.0229. The lowest BCUT2D eigenvalue weighted by Gasteiger charge is -2.18. The van der Waals surface area contributed by atoms with Crippen LogP contribution in [0.4, 0.5) is 0 Å². The number of nitrogens with two attached hydrogens (primary N) is 1.